The van der Waals surface area contributed by atoms with E-state index in [-0.39, 0.29) is 12.1 Å². The molecule has 0 fully saturated rings. The molecule has 6 heteroatoms. The maximum absolute atomic E-state index is 12.0. The fraction of sp³-hybridized carbons (Fsp3) is 0.444. The van der Waals surface area contributed by atoms with Gasteiger partial charge in [0.1, 0.15) is 5.82 Å². The van der Waals surface area contributed by atoms with Gasteiger partial charge < -0.3 is 19.9 Å². The van der Waals surface area contributed by atoms with Crippen molar-refractivity contribution < 1.29 is 9.53 Å². The van der Waals surface area contributed by atoms with Gasteiger partial charge in [0.25, 0.3) is 0 Å². The zero-order chi connectivity index (χ0) is 17.5. The molecule has 1 unspecified atom stereocenters. The van der Waals surface area contributed by atoms with Crippen molar-refractivity contribution in [2.24, 2.45) is 0 Å². The van der Waals surface area contributed by atoms with Crippen LogP contribution in [0, 0.1) is 0 Å². The molecule has 0 saturated heterocycles. The number of aromatic nitrogens is 2. The number of urea groups is 1. The quantitative estimate of drug-likeness (QED) is 0.819. The van der Waals surface area contributed by atoms with Crippen LogP contribution in [0.3, 0.4) is 0 Å². The highest BCUT2D eigenvalue weighted by atomic mass is 16.5. The van der Waals surface area contributed by atoms with Gasteiger partial charge in [-0.05, 0) is 24.6 Å². The number of hydrogen-bond acceptors (Lipinski definition) is 3. The van der Waals surface area contributed by atoms with Gasteiger partial charge in [-0.3, -0.25) is 0 Å². The molecular weight excluding hydrogens is 304 g/mol. The van der Waals surface area contributed by atoms with Crippen molar-refractivity contribution in [2.45, 2.75) is 39.3 Å². The fourth-order valence-corrected chi connectivity index (χ4v) is 2.58. The second-order valence-corrected chi connectivity index (χ2v) is 6.22. The fourth-order valence-electron chi connectivity index (χ4n) is 2.58. The normalized spacial score (nSPS) is 12.2. The van der Waals surface area contributed by atoms with Gasteiger partial charge in [0.05, 0.1) is 12.6 Å². The summed E-state index contributed by atoms with van der Waals surface area (Å²) in [6.45, 7) is 7.35. The highest BCUT2D eigenvalue weighted by molar-refractivity contribution is 5.89. The molecule has 2 amide bonds. The summed E-state index contributed by atoms with van der Waals surface area (Å²) in [5.74, 6) is 1.42. The molecule has 24 heavy (non-hydrogen) atoms. The number of benzene rings is 1. The number of amides is 2. The number of imidazole rings is 1. The van der Waals surface area contributed by atoms with Gasteiger partial charge in [0.2, 0.25) is 0 Å². The Morgan fingerprint density at radius 3 is 2.83 bits per heavy atom. The van der Waals surface area contributed by atoms with Crippen molar-refractivity contribution >= 4 is 11.7 Å². The highest BCUT2D eigenvalue weighted by Crippen LogP contribution is 2.16. The standard InChI is InChI=1S/C18H26N4O2/c1-13(2)17-19-8-9-22(17)11-15-6-5-7-16(10-15)21-18(23)20-14(3)12-24-4/h5-10,13-14H,11-12H2,1-4H3,(H2,20,21,23). The third-order valence-corrected chi connectivity index (χ3v) is 3.60. The van der Waals surface area contributed by atoms with Gasteiger partial charge >= 0.3 is 6.03 Å². The molecule has 1 heterocycles. The largest absolute Gasteiger partial charge is 0.383 e. The number of nitrogens with one attached hydrogen (secondary N) is 2. The van der Waals surface area contributed by atoms with Gasteiger partial charge in [-0.1, -0.05) is 26.0 Å². The number of carbonyl (C=O) groups excluding carboxylic acids is 1. The van der Waals surface area contributed by atoms with Gasteiger partial charge in [0, 0.05) is 37.7 Å². The van der Waals surface area contributed by atoms with E-state index in [0.717, 1.165) is 23.6 Å². The van der Waals surface area contributed by atoms with Crippen LogP contribution in [0.25, 0.3) is 0 Å². The van der Waals surface area contributed by atoms with Gasteiger partial charge in [-0.15, -0.1) is 0 Å². The van der Waals surface area contributed by atoms with E-state index >= 15 is 0 Å². The Hall–Kier alpha value is -2.34. The Morgan fingerprint density at radius 1 is 1.33 bits per heavy atom. The summed E-state index contributed by atoms with van der Waals surface area (Å²) in [6.07, 6.45) is 3.80. The van der Waals surface area contributed by atoms with E-state index in [1.165, 1.54) is 0 Å². The zero-order valence-electron chi connectivity index (χ0n) is 14.7. The zero-order valence-corrected chi connectivity index (χ0v) is 14.7. The predicted octanol–water partition coefficient (Wildman–Crippen LogP) is 3.21. The van der Waals surface area contributed by atoms with Crippen molar-refractivity contribution in [1.82, 2.24) is 14.9 Å². The number of carbonyl (C=O) groups is 1. The average Bonchev–Trinajstić information content (AvgIpc) is 2.96. The molecule has 0 aliphatic heterocycles. The van der Waals surface area contributed by atoms with Crippen molar-refractivity contribution in [3.8, 4) is 0 Å². The minimum Gasteiger partial charge on any atom is -0.383 e. The Kier molecular flexibility index (Phi) is 6.37. The first kappa shape index (κ1) is 18.0. The van der Waals surface area contributed by atoms with Crippen LogP contribution in [0.4, 0.5) is 10.5 Å². The molecule has 1 aromatic heterocycles. The lowest BCUT2D eigenvalue weighted by molar-refractivity contribution is 0.173. The van der Waals surface area contributed by atoms with Crippen LogP contribution in [0.15, 0.2) is 36.7 Å². The van der Waals surface area contributed by atoms with Crippen LogP contribution in [-0.4, -0.2) is 35.3 Å². The van der Waals surface area contributed by atoms with Crippen LogP contribution >= 0.6 is 0 Å². The number of nitrogens with zero attached hydrogens (tertiary/aromatic N) is 2. The molecule has 0 aliphatic carbocycles. The number of methoxy groups -OCH3 is 1. The summed E-state index contributed by atoms with van der Waals surface area (Å²) in [7, 11) is 1.61. The topological polar surface area (TPSA) is 68.2 Å². The number of ether oxygens (including phenoxy) is 1. The summed E-state index contributed by atoms with van der Waals surface area (Å²) in [5.41, 5.74) is 1.87. The minimum atomic E-state index is -0.234. The first-order chi connectivity index (χ1) is 11.5. The Labute approximate surface area is 143 Å². The molecule has 130 valence electrons. The third-order valence-electron chi connectivity index (χ3n) is 3.60. The summed E-state index contributed by atoms with van der Waals surface area (Å²) in [5, 5.41) is 5.69. The number of anilines is 1. The van der Waals surface area contributed by atoms with E-state index in [1.54, 1.807) is 7.11 Å². The molecule has 0 aliphatic rings. The Morgan fingerprint density at radius 2 is 2.12 bits per heavy atom. The van der Waals surface area contributed by atoms with Crippen molar-refractivity contribution in [2.75, 3.05) is 19.0 Å². The maximum atomic E-state index is 12.0. The molecule has 6 nitrogen and oxygen atoms in total. The van der Waals surface area contributed by atoms with Crippen LogP contribution in [0.5, 0.6) is 0 Å². The molecule has 0 saturated carbocycles. The first-order valence-electron chi connectivity index (χ1n) is 8.16. The van der Waals surface area contributed by atoms with E-state index in [2.05, 4.69) is 34.0 Å². The second kappa shape index (κ2) is 8.49. The molecule has 0 radical (unpaired) electrons. The van der Waals surface area contributed by atoms with Crippen molar-refractivity contribution in [1.29, 1.82) is 0 Å². The predicted molar refractivity (Wildman–Crippen MR) is 95.4 cm³/mol. The van der Waals surface area contributed by atoms with E-state index in [4.69, 9.17) is 4.74 Å². The van der Waals surface area contributed by atoms with Gasteiger partial charge in [-0.2, -0.15) is 0 Å². The number of rotatable bonds is 7. The summed E-state index contributed by atoms with van der Waals surface area (Å²) in [4.78, 5) is 16.4. The van der Waals surface area contributed by atoms with Gasteiger partial charge in [-0.25, -0.2) is 9.78 Å². The smallest absolute Gasteiger partial charge is 0.319 e. The summed E-state index contributed by atoms with van der Waals surface area (Å²) in [6, 6.07) is 7.56. The highest BCUT2D eigenvalue weighted by Gasteiger charge is 2.09. The second-order valence-electron chi connectivity index (χ2n) is 6.22. The Balaban J connectivity index is 2.01. The van der Waals surface area contributed by atoms with Crippen LogP contribution in [0.2, 0.25) is 0 Å². The summed E-state index contributed by atoms with van der Waals surface area (Å²) >= 11 is 0. The Bertz CT molecular complexity index is 667. The van der Waals surface area contributed by atoms with E-state index < -0.39 is 0 Å². The van der Waals surface area contributed by atoms with Crippen LogP contribution < -0.4 is 10.6 Å². The molecule has 2 aromatic rings. The van der Waals surface area contributed by atoms with Crippen molar-refractivity contribution in [3.05, 3.63) is 48.0 Å². The van der Waals surface area contributed by atoms with Crippen molar-refractivity contribution in [3.63, 3.8) is 0 Å². The molecule has 2 N–H and O–H groups in total. The van der Waals surface area contributed by atoms with Gasteiger partial charge in [0.15, 0.2) is 0 Å². The van der Waals surface area contributed by atoms with E-state index in [0.29, 0.717) is 12.5 Å². The molecule has 0 spiro atoms. The number of hydrogen-bond donors (Lipinski definition) is 2. The molecule has 2 rings (SSSR count). The maximum Gasteiger partial charge on any atom is 0.319 e. The van der Waals surface area contributed by atoms with E-state index in [9.17, 15) is 4.79 Å². The minimum absolute atomic E-state index is 0.0438. The average molecular weight is 330 g/mol. The lowest BCUT2D eigenvalue weighted by Crippen LogP contribution is -2.38. The molecule has 0 bridgehead atoms. The molecular formula is C18H26N4O2. The first-order valence-corrected chi connectivity index (χ1v) is 8.16. The third kappa shape index (κ3) is 5.09. The lowest BCUT2D eigenvalue weighted by Gasteiger charge is -2.14. The van der Waals surface area contributed by atoms with Crippen LogP contribution in [-0.2, 0) is 11.3 Å². The van der Waals surface area contributed by atoms with Crippen LogP contribution in [0.1, 0.15) is 38.1 Å². The summed E-state index contributed by atoms with van der Waals surface area (Å²) < 4.78 is 7.14. The lowest BCUT2D eigenvalue weighted by atomic mass is 10.1. The monoisotopic (exact) mass is 330 g/mol. The SMILES string of the molecule is COCC(C)NC(=O)Nc1cccc(Cn2ccnc2C(C)C)c1. The molecule has 1 aromatic carbocycles. The molecule has 1 atom stereocenters. The van der Waals surface area contributed by atoms with E-state index in [1.807, 2.05) is 43.6 Å².